The van der Waals surface area contributed by atoms with Gasteiger partial charge in [0.25, 0.3) is 0 Å². The van der Waals surface area contributed by atoms with Gasteiger partial charge in [-0.2, -0.15) is 13.2 Å². The van der Waals surface area contributed by atoms with E-state index in [-0.39, 0.29) is 12.5 Å². The lowest BCUT2D eigenvalue weighted by Gasteiger charge is -2.17. The summed E-state index contributed by atoms with van der Waals surface area (Å²) in [6.45, 7) is 1.41. The largest absolute Gasteiger partial charge is 0.497 e. The second kappa shape index (κ2) is 6.56. The Bertz CT molecular complexity index is 454. The first-order valence-electron chi connectivity index (χ1n) is 6.93. The molecule has 1 aromatic rings. The molecule has 0 aromatic heterocycles. The minimum absolute atomic E-state index is 0.0705. The highest BCUT2D eigenvalue weighted by molar-refractivity contribution is 5.40. The van der Waals surface area contributed by atoms with Crippen LogP contribution in [-0.2, 0) is 0 Å². The molecule has 6 heteroatoms. The van der Waals surface area contributed by atoms with Crippen LogP contribution in [0, 0.1) is 0 Å². The quantitative estimate of drug-likeness (QED) is 0.831. The van der Waals surface area contributed by atoms with Crippen LogP contribution in [0.4, 0.5) is 13.2 Å². The standard InChI is InChI=1S/C15H20F3NO2/c1-20-13-7-12(8-14(9-13)21-2)11-3-5-19(10-11)6-4-15(16,17)18/h7-9,11H,3-6,10H2,1-2H3/t11-/m1/s1. The Balaban J connectivity index is 2.00. The molecule has 118 valence electrons. The second-order valence-corrected chi connectivity index (χ2v) is 5.30. The summed E-state index contributed by atoms with van der Waals surface area (Å²) in [5, 5.41) is 0. The molecule has 1 aromatic carbocycles. The molecular formula is C15H20F3NO2. The average Bonchev–Trinajstić information content (AvgIpc) is 2.92. The third kappa shape index (κ3) is 4.52. The first-order valence-corrected chi connectivity index (χ1v) is 6.93. The highest BCUT2D eigenvalue weighted by Crippen LogP contribution is 2.33. The van der Waals surface area contributed by atoms with Crippen LogP contribution in [0.3, 0.4) is 0 Å². The summed E-state index contributed by atoms with van der Waals surface area (Å²) in [6.07, 6.45) is -3.98. The van der Waals surface area contributed by atoms with E-state index in [1.54, 1.807) is 20.3 Å². The van der Waals surface area contributed by atoms with Gasteiger partial charge in [0.2, 0.25) is 0 Å². The third-order valence-corrected chi connectivity index (χ3v) is 3.83. The number of methoxy groups -OCH3 is 2. The van der Waals surface area contributed by atoms with E-state index in [0.717, 1.165) is 12.0 Å². The fraction of sp³-hybridized carbons (Fsp3) is 0.600. The van der Waals surface area contributed by atoms with Crippen molar-refractivity contribution in [1.82, 2.24) is 4.90 Å². The van der Waals surface area contributed by atoms with Crippen molar-refractivity contribution >= 4 is 0 Å². The molecule has 1 aliphatic rings. The molecule has 21 heavy (non-hydrogen) atoms. The van der Waals surface area contributed by atoms with Gasteiger partial charge in [-0.1, -0.05) is 0 Å². The van der Waals surface area contributed by atoms with Gasteiger partial charge in [0, 0.05) is 19.2 Å². The van der Waals surface area contributed by atoms with Gasteiger partial charge in [0.05, 0.1) is 20.6 Å². The van der Waals surface area contributed by atoms with Gasteiger partial charge in [0.15, 0.2) is 0 Å². The molecular weight excluding hydrogens is 283 g/mol. The average molecular weight is 303 g/mol. The SMILES string of the molecule is COc1cc(OC)cc([C@@H]2CCN(CCC(F)(F)F)C2)c1. The summed E-state index contributed by atoms with van der Waals surface area (Å²) in [4.78, 5) is 1.87. The van der Waals surface area contributed by atoms with Gasteiger partial charge in [-0.15, -0.1) is 0 Å². The Labute approximate surface area is 122 Å². The lowest BCUT2D eigenvalue weighted by Crippen LogP contribution is -2.26. The smallest absolute Gasteiger partial charge is 0.390 e. The summed E-state index contributed by atoms with van der Waals surface area (Å²) >= 11 is 0. The first kappa shape index (κ1) is 15.9. The van der Waals surface area contributed by atoms with Crippen LogP contribution < -0.4 is 9.47 Å². The van der Waals surface area contributed by atoms with E-state index < -0.39 is 12.6 Å². The van der Waals surface area contributed by atoms with Crippen LogP contribution >= 0.6 is 0 Å². The van der Waals surface area contributed by atoms with E-state index in [1.807, 2.05) is 17.0 Å². The normalized spacial score (nSPS) is 19.8. The van der Waals surface area contributed by atoms with Crippen LogP contribution in [0.15, 0.2) is 18.2 Å². The maximum atomic E-state index is 12.3. The van der Waals surface area contributed by atoms with Crippen molar-refractivity contribution in [3.05, 3.63) is 23.8 Å². The van der Waals surface area contributed by atoms with Crippen LogP contribution in [0.25, 0.3) is 0 Å². The molecule has 3 nitrogen and oxygen atoms in total. The summed E-state index contributed by atoms with van der Waals surface area (Å²) in [7, 11) is 3.17. The van der Waals surface area contributed by atoms with E-state index in [0.29, 0.717) is 24.6 Å². The topological polar surface area (TPSA) is 21.7 Å². The van der Waals surface area contributed by atoms with E-state index in [1.165, 1.54) is 0 Å². The lowest BCUT2D eigenvalue weighted by molar-refractivity contribution is -0.137. The van der Waals surface area contributed by atoms with Crippen LogP contribution in [0.5, 0.6) is 11.5 Å². The number of halogens is 3. The number of nitrogens with zero attached hydrogens (tertiary/aromatic N) is 1. The highest BCUT2D eigenvalue weighted by Gasteiger charge is 2.31. The molecule has 1 aliphatic heterocycles. The molecule has 1 saturated heterocycles. The van der Waals surface area contributed by atoms with Gasteiger partial charge >= 0.3 is 6.18 Å². The Kier molecular flexibility index (Phi) is 4.98. The molecule has 0 unspecified atom stereocenters. The summed E-state index contributed by atoms with van der Waals surface area (Å²) < 4.78 is 47.3. The van der Waals surface area contributed by atoms with Crippen molar-refractivity contribution in [2.45, 2.75) is 24.9 Å². The predicted octanol–water partition coefficient (Wildman–Crippen LogP) is 3.45. The first-order chi connectivity index (χ1) is 9.91. The molecule has 0 aliphatic carbocycles. The molecule has 0 bridgehead atoms. The van der Waals surface area contributed by atoms with Crippen LogP contribution in [0.2, 0.25) is 0 Å². The van der Waals surface area contributed by atoms with Crippen molar-refractivity contribution in [2.24, 2.45) is 0 Å². The zero-order valence-electron chi connectivity index (χ0n) is 12.2. The lowest BCUT2D eigenvalue weighted by atomic mass is 9.98. The summed E-state index contributed by atoms with van der Waals surface area (Å²) in [5.74, 6) is 1.64. The fourth-order valence-corrected chi connectivity index (χ4v) is 2.66. The number of ether oxygens (including phenoxy) is 2. The van der Waals surface area contributed by atoms with E-state index in [2.05, 4.69) is 0 Å². The Morgan fingerprint density at radius 2 is 1.76 bits per heavy atom. The van der Waals surface area contributed by atoms with Crippen molar-refractivity contribution in [3.8, 4) is 11.5 Å². The van der Waals surface area contributed by atoms with E-state index in [4.69, 9.17) is 9.47 Å². The van der Waals surface area contributed by atoms with E-state index >= 15 is 0 Å². The monoisotopic (exact) mass is 303 g/mol. The number of rotatable bonds is 5. The maximum Gasteiger partial charge on any atom is 0.390 e. The second-order valence-electron chi connectivity index (χ2n) is 5.30. The van der Waals surface area contributed by atoms with Crippen LogP contribution in [-0.4, -0.2) is 44.9 Å². The van der Waals surface area contributed by atoms with Crippen LogP contribution in [0.1, 0.15) is 24.3 Å². The van der Waals surface area contributed by atoms with Gasteiger partial charge < -0.3 is 14.4 Å². The Morgan fingerprint density at radius 3 is 2.29 bits per heavy atom. The molecule has 0 N–H and O–H groups in total. The van der Waals surface area contributed by atoms with Crippen molar-refractivity contribution < 1.29 is 22.6 Å². The van der Waals surface area contributed by atoms with Gasteiger partial charge in [-0.05, 0) is 36.6 Å². The predicted molar refractivity (Wildman–Crippen MR) is 74.0 cm³/mol. The minimum Gasteiger partial charge on any atom is -0.497 e. The molecule has 0 spiro atoms. The zero-order chi connectivity index (χ0) is 15.5. The minimum atomic E-state index is -4.09. The fourth-order valence-electron chi connectivity index (χ4n) is 2.66. The summed E-state index contributed by atoms with van der Waals surface area (Å²) in [6, 6.07) is 5.65. The van der Waals surface area contributed by atoms with Gasteiger partial charge in [-0.25, -0.2) is 0 Å². The molecule has 1 heterocycles. The van der Waals surface area contributed by atoms with Crippen molar-refractivity contribution in [2.75, 3.05) is 33.9 Å². The molecule has 0 saturated carbocycles. The number of hydrogen-bond donors (Lipinski definition) is 0. The molecule has 0 radical (unpaired) electrons. The summed E-state index contributed by atoms with van der Waals surface area (Å²) in [5.41, 5.74) is 1.06. The number of hydrogen-bond acceptors (Lipinski definition) is 3. The number of likely N-dealkylation sites (tertiary alicyclic amines) is 1. The third-order valence-electron chi connectivity index (χ3n) is 3.83. The van der Waals surface area contributed by atoms with Crippen molar-refractivity contribution in [1.29, 1.82) is 0 Å². The Hall–Kier alpha value is -1.43. The van der Waals surface area contributed by atoms with Crippen molar-refractivity contribution in [3.63, 3.8) is 0 Å². The van der Waals surface area contributed by atoms with E-state index in [9.17, 15) is 13.2 Å². The maximum absolute atomic E-state index is 12.3. The molecule has 1 atom stereocenters. The van der Waals surface area contributed by atoms with Gasteiger partial charge in [-0.3, -0.25) is 0 Å². The molecule has 1 fully saturated rings. The van der Waals surface area contributed by atoms with Gasteiger partial charge in [0.1, 0.15) is 11.5 Å². The highest BCUT2D eigenvalue weighted by atomic mass is 19.4. The molecule has 2 rings (SSSR count). The zero-order valence-corrected chi connectivity index (χ0v) is 12.2. The number of benzene rings is 1. The molecule has 0 amide bonds. The number of alkyl halides is 3. The Morgan fingerprint density at radius 1 is 1.14 bits per heavy atom.